The molecule has 1 saturated carbocycles. The minimum atomic E-state index is -0.982. The molecule has 3 atom stereocenters. The second kappa shape index (κ2) is 6.09. The first-order chi connectivity index (χ1) is 12.4. The van der Waals surface area contributed by atoms with Crippen molar-refractivity contribution >= 4 is 23.2 Å². The van der Waals surface area contributed by atoms with E-state index in [0.29, 0.717) is 17.3 Å². The van der Waals surface area contributed by atoms with Gasteiger partial charge in [0, 0.05) is 16.9 Å². The molecule has 2 heterocycles. The molecule has 0 radical (unpaired) electrons. The van der Waals surface area contributed by atoms with Crippen LogP contribution >= 0.6 is 11.3 Å². The van der Waals surface area contributed by atoms with E-state index in [1.807, 2.05) is 25.1 Å². The molecule has 6 nitrogen and oxygen atoms in total. The lowest BCUT2D eigenvalue weighted by Crippen LogP contribution is -2.32. The number of fused-ring (bicyclic) bond motifs is 2. The Morgan fingerprint density at radius 1 is 1.42 bits per heavy atom. The van der Waals surface area contributed by atoms with E-state index in [9.17, 15) is 14.7 Å². The van der Waals surface area contributed by atoms with Crippen LogP contribution in [0.2, 0.25) is 0 Å². The first-order valence-electron chi connectivity index (χ1n) is 8.65. The molecule has 2 aliphatic rings. The van der Waals surface area contributed by atoms with Crippen LogP contribution in [0.3, 0.4) is 0 Å². The SMILES string of the molecule is Cc1nc(C(C)NC(=O)[C@@H]2C[C@]23CCOc2ccccc23)sc1C(=O)O. The molecule has 1 unspecified atom stereocenters. The number of aryl methyl sites for hydroxylation is 1. The fourth-order valence-electron chi connectivity index (χ4n) is 3.88. The van der Waals surface area contributed by atoms with Crippen LogP contribution in [-0.4, -0.2) is 28.6 Å². The molecule has 136 valence electrons. The standard InChI is InChI=1S/C19H20N2O4S/c1-10-15(18(23)24)26-17(21-10)11(2)20-16(22)13-9-19(13)7-8-25-14-6-4-3-5-12(14)19/h3-6,11,13H,7-9H2,1-2H3,(H,20,22)(H,23,24)/t11?,13-,19-/m0/s1. The lowest BCUT2D eigenvalue weighted by Gasteiger charge is -2.27. The molecule has 26 heavy (non-hydrogen) atoms. The van der Waals surface area contributed by atoms with Crippen LogP contribution in [-0.2, 0) is 10.2 Å². The Labute approximate surface area is 155 Å². The number of nitrogens with one attached hydrogen (secondary N) is 1. The van der Waals surface area contributed by atoms with Crippen molar-refractivity contribution < 1.29 is 19.4 Å². The molecule has 0 saturated heterocycles. The summed E-state index contributed by atoms with van der Waals surface area (Å²) in [5, 5.41) is 12.8. The summed E-state index contributed by atoms with van der Waals surface area (Å²) in [6.45, 7) is 4.14. The number of ether oxygens (including phenoxy) is 1. The largest absolute Gasteiger partial charge is 0.493 e. The van der Waals surface area contributed by atoms with Gasteiger partial charge in [0.1, 0.15) is 15.6 Å². The molecule has 1 fully saturated rings. The zero-order valence-corrected chi connectivity index (χ0v) is 15.4. The molecule has 0 bridgehead atoms. The molecule has 4 rings (SSSR count). The minimum absolute atomic E-state index is 0.000990. The van der Waals surface area contributed by atoms with Crippen LogP contribution in [0.25, 0.3) is 0 Å². The minimum Gasteiger partial charge on any atom is -0.493 e. The summed E-state index contributed by atoms with van der Waals surface area (Å²) in [7, 11) is 0. The summed E-state index contributed by atoms with van der Waals surface area (Å²) in [4.78, 5) is 28.5. The third kappa shape index (κ3) is 2.67. The number of aromatic nitrogens is 1. The summed E-state index contributed by atoms with van der Waals surface area (Å²) in [6.07, 6.45) is 1.67. The van der Waals surface area contributed by atoms with E-state index in [1.54, 1.807) is 6.92 Å². The Kier molecular flexibility index (Phi) is 3.99. The second-order valence-electron chi connectivity index (χ2n) is 7.01. The Hall–Kier alpha value is -2.41. The van der Waals surface area contributed by atoms with E-state index in [2.05, 4.69) is 16.4 Å². The van der Waals surface area contributed by atoms with Gasteiger partial charge in [-0.05, 0) is 32.8 Å². The van der Waals surface area contributed by atoms with E-state index in [4.69, 9.17) is 4.74 Å². The monoisotopic (exact) mass is 372 g/mol. The van der Waals surface area contributed by atoms with Crippen LogP contribution in [0, 0.1) is 12.8 Å². The predicted octanol–water partition coefficient (Wildman–Crippen LogP) is 3.07. The fourth-order valence-corrected chi connectivity index (χ4v) is 4.79. The van der Waals surface area contributed by atoms with Gasteiger partial charge in [0.2, 0.25) is 5.91 Å². The highest BCUT2D eigenvalue weighted by molar-refractivity contribution is 7.13. The lowest BCUT2D eigenvalue weighted by molar-refractivity contribution is -0.123. The van der Waals surface area contributed by atoms with E-state index >= 15 is 0 Å². The number of hydrogen-bond acceptors (Lipinski definition) is 5. The first-order valence-corrected chi connectivity index (χ1v) is 9.47. The number of amides is 1. The highest BCUT2D eigenvalue weighted by atomic mass is 32.1. The average molecular weight is 372 g/mol. The predicted molar refractivity (Wildman–Crippen MR) is 96.7 cm³/mol. The number of thiazole rings is 1. The molecular weight excluding hydrogens is 352 g/mol. The number of benzene rings is 1. The van der Waals surface area contributed by atoms with Gasteiger partial charge >= 0.3 is 5.97 Å². The molecule has 1 spiro atoms. The smallest absolute Gasteiger partial charge is 0.347 e. The zero-order chi connectivity index (χ0) is 18.5. The van der Waals surface area contributed by atoms with Crippen molar-refractivity contribution in [3.05, 3.63) is 45.4 Å². The number of nitrogens with zero attached hydrogens (tertiary/aromatic N) is 1. The molecule has 1 aromatic carbocycles. The third-order valence-corrected chi connectivity index (χ3v) is 6.69. The second-order valence-corrected chi connectivity index (χ2v) is 8.04. The van der Waals surface area contributed by atoms with Gasteiger partial charge in [0.05, 0.1) is 18.3 Å². The van der Waals surface area contributed by atoms with Crippen LogP contribution in [0.1, 0.15) is 51.7 Å². The molecule has 1 amide bonds. The Morgan fingerprint density at radius 3 is 2.92 bits per heavy atom. The third-order valence-electron chi connectivity index (χ3n) is 5.36. The van der Waals surface area contributed by atoms with Gasteiger partial charge in [-0.15, -0.1) is 11.3 Å². The summed E-state index contributed by atoms with van der Waals surface area (Å²) in [6, 6.07) is 7.62. The maximum Gasteiger partial charge on any atom is 0.347 e. The van der Waals surface area contributed by atoms with Gasteiger partial charge in [-0.2, -0.15) is 0 Å². The summed E-state index contributed by atoms with van der Waals surface area (Å²) < 4.78 is 5.72. The van der Waals surface area contributed by atoms with Crippen LogP contribution in [0.4, 0.5) is 0 Å². The molecule has 1 aliphatic heterocycles. The van der Waals surface area contributed by atoms with Crippen molar-refractivity contribution in [3.8, 4) is 5.75 Å². The van der Waals surface area contributed by atoms with E-state index in [0.717, 1.165) is 35.5 Å². The van der Waals surface area contributed by atoms with Crippen LogP contribution < -0.4 is 10.1 Å². The summed E-state index contributed by atoms with van der Waals surface area (Å²) in [5.41, 5.74) is 1.49. The zero-order valence-electron chi connectivity index (χ0n) is 14.6. The number of carbonyl (C=O) groups excluding carboxylic acids is 1. The van der Waals surface area contributed by atoms with E-state index < -0.39 is 5.97 Å². The average Bonchev–Trinajstić information content (AvgIpc) is 3.18. The van der Waals surface area contributed by atoms with Crippen molar-refractivity contribution in [2.45, 2.75) is 38.1 Å². The summed E-state index contributed by atoms with van der Waals surface area (Å²) in [5.74, 6) is -0.178. The molecule has 2 N–H and O–H groups in total. The normalized spacial score (nSPS) is 24.5. The van der Waals surface area contributed by atoms with Crippen LogP contribution in [0.5, 0.6) is 5.75 Å². The fraction of sp³-hybridized carbons (Fsp3) is 0.421. The molecule has 7 heteroatoms. The number of para-hydroxylation sites is 1. The number of carbonyl (C=O) groups is 2. The topological polar surface area (TPSA) is 88.5 Å². The number of aromatic carboxylic acids is 1. The molecule has 2 aromatic rings. The van der Waals surface area contributed by atoms with E-state index in [1.165, 1.54) is 0 Å². The Morgan fingerprint density at radius 2 is 2.19 bits per heavy atom. The molecular formula is C19H20N2O4S. The van der Waals surface area contributed by atoms with Gasteiger partial charge in [-0.3, -0.25) is 4.79 Å². The lowest BCUT2D eigenvalue weighted by atomic mass is 9.87. The maximum atomic E-state index is 12.8. The number of rotatable bonds is 4. The van der Waals surface area contributed by atoms with Crippen molar-refractivity contribution in [3.63, 3.8) is 0 Å². The highest BCUT2D eigenvalue weighted by Crippen LogP contribution is 2.60. The number of hydrogen-bond donors (Lipinski definition) is 2. The Balaban J connectivity index is 1.49. The number of carboxylic acids is 1. The van der Waals surface area contributed by atoms with Crippen molar-refractivity contribution in [1.29, 1.82) is 0 Å². The van der Waals surface area contributed by atoms with Crippen molar-refractivity contribution in [1.82, 2.24) is 10.3 Å². The maximum absolute atomic E-state index is 12.8. The quantitative estimate of drug-likeness (QED) is 0.861. The Bertz CT molecular complexity index is 893. The van der Waals surface area contributed by atoms with Gasteiger partial charge in [0.25, 0.3) is 0 Å². The van der Waals surface area contributed by atoms with Gasteiger partial charge in [-0.1, -0.05) is 18.2 Å². The molecule has 1 aromatic heterocycles. The van der Waals surface area contributed by atoms with Crippen molar-refractivity contribution in [2.24, 2.45) is 5.92 Å². The molecule has 1 aliphatic carbocycles. The van der Waals surface area contributed by atoms with Crippen molar-refractivity contribution in [2.75, 3.05) is 6.61 Å². The van der Waals surface area contributed by atoms with Gasteiger partial charge < -0.3 is 15.2 Å². The van der Waals surface area contributed by atoms with Gasteiger partial charge in [0.15, 0.2) is 0 Å². The van der Waals surface area contributed by atoms with E-state index in [-0.39, 0.29) is 28.2 Å². The number of carboxylic acid groups (broad SMARTS) is 1. The van der Waals surface area contributed by atoms with Gasteiger partial charge in [-0.25, -0.2) is 9.78 Å². The first kappa shape index (κ1) is 17.0. The summed E-state index contributed by atoms with van der Waals surface area (Å²) >= 11 is 1.12. The highest BCUT2D eigenvalue weighted by Gasteiger charge is 2.61. The van der Waals surface area contributed by atoms with Crippen LogP contribution in [0.15, 0.2) is 24.3 Å².